The topological polar surface area (TPSA) is 82.1 Å². The number of benzene rings is 2. The lowest BCUT2D eigenvalue weighted by Gasteiger charge is -2.07. The van der Waals surface area contributed by atoms with Crippen molar-refractivity contribution < 1.29 is 23.6 Å². The van der Waals surface area contributed by atoms with Crippen LogP contribution in [0.15, 0.2) is 53.1 Å². The van der Waals surface area contributed by atoms with Gasteiger partial charge in [0, 0.05) is 23.6 Å². The highest BCUT2D eigenvalue weighted by Gasteiger charge is 2.16. The molecule has 0 atom stereocenters. The van der Waals surface area contributed by atoms with Crippen LogP contribution in [0.25, 0.3) is 10.8 Å². The molecule has 0 fully saturated rings. The fourth-order valence-corrected chi connectivity index (χ4v) is 2.61. The Kier molecular flexibility index (Phi) is 5.17. The smallest absolute Gasteiger partial charge is 0.333 e. The molecule has 0 saturated heterocycles. The van der Waals surface area contributed by atoms with E-state index < -0.39 is 4.92 Å². The first-order chi connectivity index (χ1) is 12.6. The van der Waals surface area contributed by atoms with Crippen LogP contribution >= 0.6 is 0 Å². The van der Waals surface area contributed by atoms with Gasteiger partial charge in [0.2, 0.25) is 0 Å². The minimum atomic E-state index is -0.463. The lowest BCUT2D eigenvalue weighted by Crippen LogP contribution is -2.03. The summed E-state index contributed by atoms with van der Waals surface area (Å²) >= 11 is 0. The fourth-order valence-electron chi connectivity index (χ4n) is 2.61. The second-order valence-electron chi connectivity index (χ2n) is 5.51. The largest absolute Gasteiger partial charge is 0.493 e. The average molecular weight is 356 g/mol. The third-order valence-corrected chi connectivity index (χ3v) is 3.91. The van der Waals surface area contributed by atoms with Crippen molar-refractivity contribution in [1.82, 2.24) is 0 Å². The van der Waals surface area contributed by atoms with Crippen molar-refractivity contribution >= 4 is 16.5 Å². The van der Waals surface area contributed by atoms with Gasteiger partial charge in [0.25, 0.3) is 0 Å². The number of ether oxygens (including phenoxy) is 3. The van der Waals surface area contributed by atoms with Gasteiger partial charge in [-0.25, -0.2) is 4.42 Å². The molecule has 134 valence electrons. The van der Waals surface area contributed by atoms with E-state index in [0.29, 0.717) is 23.7 Å². The third-order valence-electron chi connectivity index (χ3n) is 3.91. The van der Waals surface area contributed by atoms with E-state index in [-0.39, 0.29) is 18.0 Å². The Labute approximate surface area is 149 Å². The number of rotatable bonds is 7. The minimum Gasteiger partial charge on any atom is -0.493 e. The van der Waals surface area contributed by atoms with Crippen molar-refractivity contribution in [2.75, 3.05) is 20.8 Å². The monoisotopic (exact) mass is 356 g/mol. The molecular weight excluding hydrogens is 338 g/mol. The van der Waals surface area contributed by atoms with Gasteiger partial charge in [0.05, 0.1) is 30.9 Å². The highest BCUT2D eigenvalue weighted by atomic mass is 16.6. The standard InChI is InChI=1S/C19H18NO6/c1-23-18-10-13-9-15(26-12-14(13)11-19(18)24-2)7-8-25-17-6-4-3-5-16(17)20(21)22/h3-6,9-12H,7-8H2,1-2H3/q+1. The molecule has 1 aromatic heterocycles. The lowest BCUT2D eigenvalue weighted by atomic mass is 10.1. The van der Waals surface area contributed by atoms with Gasteiger partial charge in [0.1, 0.15) is 6.61 Å². The van der Waals surface area contributed by atoms with Crippen molar-refractivity contribution in [2.24, 2.45) is 0 Å². The van der Waals surface area contributed by atoms with E-state index >= 15 is 0 Å². The van der Waals surface area contributed by atoms with Gasteiger partial charge < -0.3 is 14.2 Å². The molecule has 2 aromatic carbocycles. The molecular formula is C19H18NO6+. The first kappa shape index (κ1) is 17.5. The quantitative estimate of drug-likeness (QED) is 0.357. The first-order valence-electron chi connectivity index (χ1n) is 7.95. The molecule has 1 heterocycles. The predicted octanol–water partition coefficient (Wildman–Crippen LogP) is 4.26. The van der Waals surface area contributed by atoms with E-state index in [1.807, 2.05) is 18.2 Å². The average Bonchev–Trinajstić information content (AvgIpc) is 2.67. The summed E-state index contributed by atoms with van der Waals surface area (Å²) in [4.78, 5) is 10.5. The van der Waals surface area contributed by atoms with Gasteiger partial charge in [-0.05, 0) is 12.1 Å². The van der Waals surface area contributed by atoms with Crippen LogP contribution in [0.4, 0.5) is 5.69 Å². The van der Waals surface area contributed by atoms with Crippen LogP contribution in [-0.4, -0.2) is 25.7 Å². The molecule has 0 saturated carbocycles. The number of methoxy groups -OCH3 is 2. The van der Waals surface area contributed by atoms with Crippen LogP contribution in [0.3, 0.4) is 0 Å². The zero-order chi connectivity index (χ0) is 18.5. The predicted molar refractivity (Wildman–Crippen MR) is 96.0 cm³/mol. The molecule has 0 radical (unpaired) electrons. The second kappa shape index (κ2) is 7.69. The van der Waals surface area contributed by atoms with Crippen molar-refractivity contribution in [3.05, 3.63) is 64.6 Å². The zero-order valence-corrected chi connectivity index (χ0v) is 14.4. The molecule has 0 aliphatic carbocycles. The van der Waals surface area contributed by atoms with Gasteiger partial charge in [-0.2, -0.15) is 0 Å². The summed E-state index contributed by atoms with van der Waals surface area (Å²) in [6.45, 7) is 0.257. The normalized spacial score (nSPS) is 10.5. The Morgan fingerprint density at radius 1 is 1.00 bits per heavy atom. The Hall–Kier alpha value is -3.35. The number of nitro groups is 1. The molecule has 7 heteroatoms. The summed E-state index contributed by atoms with van der Waals surface area (Å²) in [5, 5.41) is 12.8. The van der Waals surface area contributed by atoms with Gasteiger partial charge in [-0.3, -0.25) is 10.1 Å². The minimum absolute atomic E-state index is 0.0558. The lowest BCUT2D eigenvalue weighted by molar-refractivity contribution is -0.385. The van der Waals surface area contributed by atoms with Gasteiger partial charge in [-0.1, -0.05) is 12.1 Å². The summed E-state index contributed by atoms with van der Waals surface area (Å²) in [6.07, 6.45) is 2.11. The molecule has 0 aliphatic heterocycles. The van der Waals surface area contributed by atoms with Gasteiger partial charge in [-0.15, -0.1) is 0 Å². The van der Waals surface area contributed by atoms with Crippen LogP contribution in [0, 0.1) is 10.1 Å². The summed E-state index contributed by atoms with van der Waals surface area (Å²) in [6, 6.07) is 11.9. The molecule has 0 amide bonds. The first-order valence-corrected chi connectivity index (χ1v) is 7.95. The van der Waals surface area contributed by atoms with Crippen LogP contribution in [0.1, 0.15) is 5.76 Å². The number of hydrogen-bond acceptors (Lipinski definition) is 5. The Balaban J connectivity index is 1.74. The van der Waals surface area contributed by atoms with Gasteiger partial charge in [0.15, 0.2) is 17.2 Å². The van der Waals surface area contributed by atoms with Crippen LogP contribution < -0.4 is 14.2 Å². The van der Waals surface area contributed by atoms with E-state index in [4.69, 9.17) is 18.6 Å². The second-order valence-corrected chi connectivity index (χ2v) is 5.51. The van der Waals surface area contributed by atoms with E-state index in [1.54, 1.807) is 38.7 Å². The Morgan fingerprint density at radius 3 is 2.38 bits per heavy atom. The van der Waals surface area contributed by atoms with E-state index in [9.17, 15) is 10.1 Å². The van der Waals surface area contributed by atoms with Crippen molar-refractivity contribution in [2.45, 2.75) is 6.42 Å². The summed E-state index contributed by atoms with van der Waals surface area (Å²) in [7, 11) is 3.16. The summed E-state index contributed by atoms with van der Waals surface area (Å²) in [5.74, 6) is 2.20. The highest BCUT2D eigenvalue weighted by molar-refractivity contribution is 5.85. The maximum absolute atomic E-state index is 11.0. The van der Waals surface area contributed by atoms with E-state index in [0.717, 1.165) is 10.8 Å². The SMILES string of the molecule is COc1cc2c[o+]c(CCOc3ccccc3[N+](=O)[O-])cc2cc1OC. The summed E-state index contributed by atoms with van der Waals surface area (Å²) in [5.41, 5.74) is -0.0558. The molecule has 26 heavy (non-hydrogen) atoms. The molecule has 0 unspecified atom stereocenters. The van der Waals surface area contributed by atoms with E-state index in [1.165, 1.54) is 6.07 Å². The molecule has 0 aliphatic rings. The Morgan fingerprint density at radius 2 is 1.69 bits per heavy atom. The molecule has 7 nitrogen and oxygen atoms in total. The van der Waals surface area contributed by atoms with Crippen molar-refractivity contribution in [1.29, 1.82) is 0 Å². The van der Waals surface area contributed by atoms with Gasteiger partial charge >= 0.3 is 17.7 Å². The maximum Gasteiger partial charge on any atom is 0.333 e. The number of nitrogens with zero attached hydrogens (tertiary/aromatic N) is 1. The zero-order valence-electron chi connectivity index (χ0n) is 14.4. The van der Waals surface area contributed by atoms with Crippen LogP contribution in [-0.2, 0) is 6.42 Å². The molecule has 0 bridgehead atoms. The molecule has 3 rings (SSSR count). The van der Waals surface area contributed by atoms with Crippen molar-refractivity contribution in [3.63, 3.8) is 0 Å². The molecule has 3 aromatic rings. The van der Waals surface area contributed by atoms with E-state index in [2.05, 4.69) is 0 Å². The van der Waals surface area contributed by atoms with Crippen LogP contribution in [0.5, 0.6) is 17.2 Å². The maximum atomic E-state index is 11.0. The molecule has 0 spiro atoms. The number of para-hydroxylation sites is 2. The number of nitro benzene ring substituents is 1. The molecule has 0 N–H and O–H groups in total. The summed E-state index contributed by atoms with van der Waals surface area (Å²) < 4.78 is 21.8. The number of fused-ring (bicyclic) bond motifs is 1. The van der Waals surface area contributed by atoms with Crippen molar-refractivity contribution in [3.8, 4) is 17.2 Å². The number of hydrogen-bond donors (Lipinski definition) is 0. The highest BCUT2D eigenvalue weighted by Crippen LogP contribution is 2.32. The fraction of sp³-hybridized carbons (Fsp3) is 0.211. The third kappa shape index (κ3) is 3.66. The Bertz CT molecular complexity index is 940. The van der Waals surface area contributed by atoms with Crippen LogP contribution in [0.2, 0.25) is 0 Å².